The average Bonchev–Trinajstić information content (AvgIpc) is 2.82. The van der Waals surface area contributed by atoms with Crippen molar-refractivity contribution in [3.63, 3.8) is 0 Å². The zero-order valence-electron chi connectivity index (χ0n) is 11.0. The fourth-order valence-corrected chi connectivity index (χ4v) is 3.27. The van der Waals surface area contributed by atoms with E-state index in [9.17, 15) is 0 Å². The minimum atomic E-state index is 0.590. The highest BCUT2D eigenvalue weighted by Gasteiger charge is 2.30. The molecule has 1 saturated carbocycles. The molecule has 0 aromatic carbocycles. The van der Waals surface area contributed by atoms with Crippen LogP contribution in [0.5, 0.6) is 0 Å². The van der Waals surface area contributed by atoms with Gasteiger partial charge in [0.05, 0.1) is 0 Å². The molecular weight excluding hydrogens is 196 g/mol. The van der Waals surface area contributed by atoms with Gasteiger partial charge in [0.25, 0.3) is 0 Å². The Kier molecular flexibility index (Phi) is 4.26. The van der Waals surface area contributed by atoms with Crippen molar-refractivity contribution >= 4 is 0 Å². The quantitative estimate of drug-likeness (QED) is 0.701. The summed E-state index contributed by atoms with van der Waals surface area (Å²) in [7, 11) is 0. The number of nitrogens with one attached hydrogen (secondary N) is 2. The van der Waals surface area contributed by atoms with E-state index in [1.54, 1.807) is 0 Å². The Balaban J connectivity index is 1.51. The first-order valence-electron chi connectivity index (χ1n) is 7.10. The molecule has 0 aromatic rings. The maximum Gasteiger partial charge on any atom is 0.00723 e. The Morgan fingerprint density at radius 1 is 1.31 bits per heavy atom. The van der Waals surface area contributed by atoms with Crippen molar-refractivity contribution in [2.24, 2.45) is 11.3 Å². The van der Waals surface area contributed by atoms with E-state index in [4.69, 9.17) is 0 Å². The van der Waals surface area contributed by atoms with Crippen LogP contribution in [0.25, 0.3) is 0 Å². The fraction of sp³-hybridized carbons (Fsp3) is 1.00. The van der Waals surface area contributed by atoms with E-state index in [0.29, 0.717) is 5.41 Å². The van der Waals surface area contributed by atoms with Crippen molar-refractivity contribution in [3.05, 3.63) is 0 Å². The molecule has 2 fully saturated rings. The minimum absolute atomic E-state index is 0.590. The van der Waals surface area contributed by atoms with E-state index in [2.05, 4.69) is 24.5 Å². The molecule has 1 aliphatic heterocycles. The van der Waals surface area contributed by atoms with Crippen molar-refractivity contribution in [2.75, 3.05) is 19.6 Å². The van der Waals surface area contributed by atoms with Crippen LogP contribution in [0.2, 0.25) is 0 Å². The topological polar surface area (TPSA) is 24.1 Å². The highest BCUT2D eigenvalue weighted by Crippen LogP contribution is 2.36. The Hall–Kier alpha value is -0.0800. The third-order valence-electron chi connectivity index (χ3n) is 4.35. The van der Waals surface area contributed by atoms with Crippen molar-refractivity contribution in [3.8, 4) is 0 Å². The number of hydrogen-bond donors (Lipinski definition) is 2. The van der Waals surface area contributed by atoms with E-state index in [-0.39, 0.29) is 0 Å². The van der Waals surface area contributed by atoms with Crippen LogP contribution in [0.4, 0.5) is 0 Å². The van der Waals surface area contributed by atoms with Gasteiger partial charge in [0, 0.05) is 6.04 Å². The van der Waals surface area contributed by atoms with Gasteiger partial charge in [-0.05, 0) is 69.5 Å². The fourth-order valence-electron chi connectivity index (χ4n) is 3.27. The molecule has 0 bridgehead atoms. The van der Waals surface area contributed by atoms with Crippen LogP contribution in [-0.2, 0) is 0 Å². The van der Waals surface area contributed by atoms with Crippen LogP contribution in [0.1, 0.15) is 52.4 Å². The molecule has 0 spiro atoms. The monoisotopic (exact) mass is 224 g/mol. The van der Waals surface area contributed by atoms with Gasteiger partial charge < -0.3 is 10.6 Å². The van der Waals surface area contributed by atoms with E-state index < -0.39 is 0 Å². The van der Waals surface area contributed by atoms with E-state index in [0.717, 1.165) is 12.0 Å². The van der Waals surface area contributed by atoms with Crippen LogP contribution in [-0.4, -0.2) is 25.7 Å². The van der Waals surface area contributed by atoms with E-state index >= 15 is 0 Å². The second-order valence-electron chi connectivity index (χ2n) is 6.56. The molecule has 0 radical (unpaired) electrons. The van der Waals surface area contributed by atoms with Gasteiger partial charge in [0.15, 0.2) is 0 Å². The molecule has 2 aliphatic rings. The molecule has 94 valence electrons. The summed E-state index contributed by atoms with van der Waals surface area (Å²) in [5.74, 6) is 0.960. The second kappa shape index (κ2) is 5.50. The van der Waals surface area contributed by atoms with Crippen molar-refractivity contribution in [1.82, 2.24) is 10.6 Å². The van der Waals surface area contributed by atoms with Gasteiger partial charge in [-0.25, -0.2) is 0 Å². The summed E-state index contributed by atoms with van der Waals surface area (Å²) in [6.45, 7) is 8.54. The van der Waals surface area contributed by atoms with Crippen LogP contribution in [0.3, 0.4) is 0 Å². The first-order chi connectivity index (χ1) is 7.66. The van der Waals surface area contributed by atoms with Gasteiger partial charge in [-0.1, -0.05) is 13.8 Å². The number of rotatable bonds is 5. The highest BCUT2D eigenvalue weighted by molar-refractivity contribution is 4.86. The lowest BCUT2D eigenvalue weighted by atomic mass is 9.92. The molecule has 2 N–H and O–H groups in total. The molecular formula is C14H28N2. The summed E-state index contributed by atoms with van der Waals surface area (Å²) >= 11 is 0. The lowest BCUT2D eigenvalue weighted by Gasteiger charge is -2.18. The van der Waals surface area contributed by atoms with Crippen LogP contribution in [0, 0.1) is 11.3 Å². The third kappa shape index (κ3) is 3.74. The molecule has 1 heterocycles. The summed E-state index contributed by atoms with van der Waals surface area (Å²) < 4.78 is 0. The Labute approximate surface area is 101 Å². The normalized spacial score (nSPS) is 33.4. The zero-order valence-corrected chi connectivity index (χ0v) is 11.0. The predicted molar refractivity (Wildman–Crippen MR) is 69.6 cm³/mol. The van der Waals surface area contributed by atoms with Crippen molar-refractivity contribution in [2.45, 2.75) is 58.4 Å². The first kappa shape index (κ1) is 12.4. The van der Waals surface area contributed by atoms with Gasteiger partial charge >= 0.3 is 0 Å². The Morgan fingerprint density at radius 2 is 2.19 bits per heavy atom. The molecule has 1 saturated heterocycles. The molecule has 2 atom stereocenters. The summed E-state index contributed by atoms with van der Waals surface area (Å²) in [5, 5.41) is 7.19. The summed E-state index contributed by atoms with van der Waals surface area (Å²) in [6.07, 6.45) is 8.34. The zero-order chi connectivity index (χ0) is 11.4. The maximum atomic E-state index is 3.74. The molecule has 0 aromatic heterocycles. The lowest BCUT2D eigenvalue weighted by Crippen LogP contribution is -2.28. The summed E-state index contributed by atoms with van der Waals surface area (Å²) in [4.78, 5) is 0. The lowest BCUT2D eigenvalue weighted by molar-refractivity contribution is 0.362. The van der Waals surface area contributed by atoms with Gasteiger partial charge in [-0.2, -0.15) is 0 Å². The molecule has 1 aliphatic carbocycles. The Bertz CT molecular complexity index is 207. The van der Waals surface area contributed by atoms with Crippen molar-refractivity contribution < 1.29 is 0 Å². The van der Waals surface area contributed by atoms with Gasteiger partial charge in [-0.15, -0.1) is 0 Å². The molecule has 2 nitrogen and oxygen atoms in total. The maximum absolute atomic E-state index is 3.74. The third-order valence-corrected chi connectivity index (χ3v) is 4.35. The summed E-state index contributed by atoms with van der Waals surface area (Å²) in [6, 6.07) is 0.803. The van der Waals surface area contributed by atoms with Crippen LogP contribution >= 0.6 is 0 Å². The van der Waals surface area contributed by atoms with Gasteiger partial charge in [-0.3, -0.25) is 0 Å². The van der Waals surface area contributed by atoms with Crippen LogP contribution < -0.4 is 10.6 Å². The SMILES string of the molecule is CC1(C)CCC(NCCCC2CCNC2)C1. The van der Waals surface area contributed by atoms with Crippen LogP contribution in [0.15, 0.2) is 0 Å². The molecule has 0 amide bonds. The molecule has 2 unspecified atom stereocenters. The predicted octanol–water partition coefficient (Wildman–Crippen LogP) is 2.54. The standard InChI is InChI=1S/C14H28N2/c1-14(2)7-5-13(10-14)16-8-3-4-12-6-9-15-11-12/h12-13,15-16H,3-11H2,1-2H3. The van der Waals surface area contributed by atoms with E-state index in [1.165, 1.54) is 58.2 Å². The largest absolute Gasteiger partial charge is 0.316 e. The smallest absolute Gasteiger partial charge is 0.00723 e. The van der Waals surface area contributed by atoms with Gasteiger partial charge in [0.2, 0.25) is 0 Å². The molecule has 2 rings (SSSR count). The Morgan fingerprint density at radius 3 is 2.81 bits per heavy atom. The first-order valence-corrected chi connectivity index (χ1v) is 7.10. The molecule has 2 heteroatoms. The summed E-state index contributed by atoms with van der Waals surface area (Å²) in [5.41, 5.74) is 0.590. The highest BCUT2D eigenvalue weighted by atomic mass is 14.9. The number of hydrogen-bond acceptors (Lipinski definition) is 2. The van der Waals surface area contributed by atoms with E-state index in [1.807, 2.05) is 0 Å². The van der Waals surface area contributed by atoms with Crippen molar-refractivity contribution in [1.29, 1.82) is 0 Å². The second-order valence-corrected chi connectivity index (χ2v) is 6.56. The minimum Gasteiger partial charge on any atom is -0.316 e. The van der Waals surface area contributed by atoms with Gasteiger partial charge in [0.1, 0.15) is 0 Å². The molecule has 16 heavy (non-hydrogen) atoms. The average molecular weight is 224 g/mol.